The van der Waals surface area contributed by atoms with Crippen LogP contribution in [0.4, 0.5) is 0 Å². The van der Waals surface area contributed by atoms with Crippen LogP contribution in [0.1, 0.15) is 11.1 Å². The molecule has 1 aromatic carbocycles. The Morgan fingerprint density at radius 3 is 2.53 bits per heavy atom. The van der Waals surface area contributed by atoms with Crippen LogP contribution in [-0.4, -0.2) is 16.4 Å². The molecule has 0 bridgehead atoms. The van der Waals surface area contributed by atoms with Gasteiger partial charge in [-0.1, -0.05) is 53.5 Å². The van der Waals surface area contributed by atoms with E-state index >= 15 is 0 Å². The van der Waals surface area contributed by atoms with Crippen molar-refractivity contribution in [2.24, 2.45) is 0 Å². The van der Waals surface area contributed by atoms with Gasteiger partial charge in [-0.25, -0.2) is 0 Å². The van der Waals surface area contributed by atoms with Gasteiger partial charge in [-0.2, -0.15) is 0 Å². The van der Waals surface area contributed by atoms with Crippen molar-refractivity contribution in [3.63, 3.8) is 0 Å². The van der Waals surface area contributed by atoms with Crippen LogP contribution < -0.4 is 0 Å². The molecule has 0 saturated heterocycles. The summed E-state index contributed by atoms with van der Waals surface area (Å²) >= 11 is 11.1. The highest BCUT2D eigenvalue weighted by molar-refractivity contribution is 6.58. The number of ketones is 2. The van der Waals surface area contributed by atoms with E-state index in [1.54, 1.807) is 12.2 Å². The van der Waals surface area contributed by atoms with Gasteiger partial charge in [0.1, 0.15) is 0 Å². The third-order valence-corrected chi connectivity index (χ3v) is 3.61. The molecule has 0 fully saturated rings. The zero-order chi connectivity index (χ0) is 13.6. The summed E-state index contributed by atoms with van der Waals surface area (Å²) in [5.74, 6) is -0.870. The molecule has 0 heterocycles. The zero-order valence-electron chi connectivity index (χ0n) is 9.69. The van der Waals surface area contributed by atoms with Gasteiger partial charge in [0, 0.05) is 5.57 Å². The molecule has 0 amide bonds. The maximum absolute atomic E-state index is 12.3. The summed E-state index contributed by atoms with van der Waals surface area (Å²) in [5.41, 5.74) is 3.39. The number of alkyl halides is 2. The molecule has 4 heteroatoms. The molecule has 0 spiro atoms. The second-order valence-corrected chi connectivity index (χ2v) is 5.40. The van der Waals surface area contributed by atoms with Crippen LogP contribution in [0.3, 0.4) is 0 Å². The molecule has 0 unspecified atom stereocenters. The summed E-state index contributed by atoms with van der Waals surface area (Å²) in [5, 5.41) is 0. The van der Waals surface area contributed by atoms with Crippen LogP contribution >= 0.6 is 23.2 Å². The van der Waals surface area contributed by atoms with E-state index in [-0.39, 0.29) is 11.4 Å². The summed E-state index contributed by atoms with van der Waals surface area (Å²) in [6.45, 7) is 0. The lowest BCUT2D eigenvalue weighted by Crippen LogP contribution is -2.21. The standard InChI is InChI=1S/C15H8Cl2O2/c16-15(17)14(19)11-6-5-10-9-4-2-1-3-8(9)7-12(10)13(11)18/h1-7,15H. The van der Waals surface area contributed by atoms with E-state index in [4.69, 9.17) is 23.2 Å². The number of rotatable bonds is 2. The molecule has 0 atom stereocenters. The maximum atomic E-state index is 12.3. The fourth-order valence-corrected chi connectivity index (χ4v) is 2.55. The molecule has 3 rings (SSSR count). The second kappa shape index (κ2) is 4.48. The molecule has 2 nitrogen and oxygen atoms in total. The Kier molecular flexibility index (Phi) is 2.92. The Morgan fingerprint density at radius 1 is 1.05 bits per heavy atom. The maximum Gasteiger partial charge on any atom is 0.199 e. The first-order chi connectivity index (χ1) is 9.09. The Labute approximate surface area is 120 Å². The number of halogens is 2. The van der Waals surface area contributed by atoms with Gasteiger partial charge in [-0.3, -0.25) is 9.59 Å². The molecule has 0 aliphatic heterocycles. The van der Waals surface area contributed by atoms with Crippen LogP contribution in [-0.2, 0) is 9.59 Å². The summed E-state index contributed by atoms with van der Waals surface area (Å²) in [7, 11) is 0. The number of hydrogen-bond donors (Lipinski definition) is 0. The fourth-order valence-electron chi connectivity index (χ4n) is 2.31. The van der Waals surface area contributed by atoms with E-state index in [0.717, 1.165) is 16.7 Å². The highest BCUT2D eigenvalue weighted by Crippen LogP contribution is 2.39. The summed E-state index contributed by atoms with van der Waals surface area (Å²) in [6, 6.07) is 7.71. The highest BCUT2D eigenvalue weighted by atomic mass is 35.5. The van der Waals surface area contributed by atoms with E-state index in [0.29, 0.717) is 5.57 Å². The van der Waals surface area contributed by atoms with E-state index in [1.807, 2.05) is 24.3 Å². The van der Waals surface area contributed by atoms with E-state index in [1.165, 1.54) is 6.08 Å². The van der Waals surface area contributed by atoms with Crippen LogP contribution in [0, 0.1) is 0 Å². The molecule has 0 radical (unpaired) electrons. The number of carbonyl (C=O) groups is 2. The van der Waals surface area contributed by atoms with Gasteiger partial charge in [0.25, 0.3) is 0 Å². The van der Waals surface area contributed by atoms with Crippen molar-refractivity contribution in [1.82, 2.24) is 0 Å². The molecule has 0 N–H and O–H groups in total. The predicted octanol–water partition coefficient (Wildman–Crippen LogP) is 3.35. The zero-order valence-corrected chi connectivity index (χ0v) is 11.2. The van der Waals surface area contributed by atoms with Crippen LogP contribution in [0.2, 0.25) is 0 Å². The second-order valence-electron chi connectivity index (χ2n) is 4.30. The Morgan fingerprint density at radius 2 is 1.79 bits per heavy atom. The van der Waals surface area contributed by atoms with Gasteiger partial charge >= 0.3 is 0 Å². The third-order valence-electron chi connectivity index (χ3n) is 3.21. The van der Waals surface area contributed by atoms with Crippen molar-refractivity contribution >= 4 is 46.4 Å². The van der Waals surface area contributed by atoms with E-state index < -0.39 is 10.6 Å². The van der Waals surface area contributed by atoms with Crippen molar-refractivity contribution in [3.05, 3.63) is 58.7 Å². The van der Waals surface area contributed by atoms with Crippen molar-refractivity contribution in [1.29, 1.82) is 0 Å². The Bertz CT molecular complexity index is 694. The third kappa shape index (κ3) is 1.88. The minimum absolute atomic E-state index is 0.0396. The molecular formula is C15H8Cl2O2. The minimum Gasteiger partial charge on any atom is -0.291 e. The molecule has 94 valence electrons. The number of carbonyl (C=O) groups excluding carboxylic acids is 2. The molecule has 1 aromatic rings. The van der Waals surface area contributed by atoms with Gasteiger partial charge in [0.05, 0.1) is 5.57 Å². The van der Waals surface area contributed by atoms with Crippen LogP contribution in [0.25, 0.3) is 11.6 Å². The average Bonchev–Trinajstić information content (AvgIpc) is 2.78. The van der Waals surface area contributed by atoms with Gasteiger partial charge < -0.3 is 0 Å². The first-order valence-corrected chi connectivity index (χ1v) is 6.57. The number of allylic oxidation sites excluding steroid dienone is 5. The lowest BCUT2D eigenvalue weighted by atomic mass is 9.90. The van der Waals surface area contributed by atoms with Crippen LogP contribution in [0.15, 0.2) is 47.6 Å². The van der Waals surface area contributed by atoms with Gasteiger partial charge in [0.2, 0.25) is 0 Å². The first kappa shape index (κ1) is 12.4. The topological polar surface area (TPSA) is 34.1 Å². The predicted molar refractivity (Wildman–Crippen MR) is 76.0 cm³/mol. The number of hydrogen-bond acceptors (Lipinski definition) is 2. The van der Waals surface area contributed by atoms with Crippen molar-refractivity contribution in [2.45, 2.75) is 4.84 Å². The largest absolute Gasteiger partial charge is 0.291 e. The van der Waals surface area contributed by atoms with Gasteiger partial charge in [0.15, 0.2) is 16.4 Å². The normalized spacial score (nSPS) is 16.6. The van der Waals surface area contributed by atoms with Crippen molar-refractivity contribution < 1.29 is 9.59 Å². The van der Waals surface area contributed by atoms with E-state index in [2.05, 4.69) is 0 Å². The Hall–Kier alpha value is -1.64. The quantitative estimate of drug-likeness (QED) is 0.618. The lowest BCUT2D eigenvalue weighted by Gasteiger charge is -2.13. The lowest BCUT2D eigenvalue weighted by molar-refractivity contribution is -0.118. The molecule has 2 aliphatic carbocycles. The summed E-state index contributed by atoms with van der Waals surface area (Å²) in [6.07, 6.45) is 5.06. The smallest absolute Gasteiger partial charge is 0.199 e. The van der Waals surface area contributed by atoms with Crippen LogP contribution in [0.5, 0.6) is 0 Å². The minimum atomic E-state index is -1.21. The average molecular weight is 291 g/mol. The summed E-state index contributed by atoms with van der Waals surface area (Å²) < 4.78 is 0. The first-order valence-electron chi connectivity index (χ1n) is 5.70. The molecular weight excluding hydrogens is 283 g/mol. The monoisotopic (exact) mass is 290 g/mol. The SMILES string of the molecule is O=C1C(C(=O)C(Cl)Cl)=CC=C2C1=Cc1ccccc12. The van der Waals surface area contributed by atoms with E-state index in [9.17, 15) is 9.59 Å². The van der Waals surface area contributed by atoms with Gasteiger partial charge in [-0.15, -0.1) is 0 Å². The molecule has 19 heavy (non-hydrogen) atoms. The number of Topliss-reactive ketones (excluding diaryl/α,β-unsaturated/α-hetero) is 2. The van der Waals surface area contributed by atoms with Crippen molar-refractivity contribution in [3.8, 4) is 0 Å². The van der Waals surface area contributed by atoms with Gasteiger partial charge in [-0.05, 0) is 28.9 Å². The number of fused-ring (bicyclic) bond motifs is 3. The fraction of sp³-hybridized carbons (Fsp3) is 0.0667. The summed E-state index contributed by atoms with van der Waals surface area (Å²) in [4.78, 5) is 22.9. The Balaban J connectivity index is 2.09. The highest BCUT2D eigenvalue weighted by Gasteiger charge is 2.32. The number of benzene rings is 1. The molecule has 0 aromatic heterocycles. The van der Waals surface area contributed by atoms with Crippen molar-refractivity contribution in [2.75, 3.05) is 0 Å². The molecule has 0 saturated carbocycles. The molecule has 2 aliphatic rings.